The fraction of sp³-hybridized carbons (Fsp3) is 0.464. The van der Waals surface area contributed by atoms with Crippen LogP contribution in [0, 0.1) is 23.2 Å². The van der Waals surface area contributed by atoms with Gasteiger partial charge in [0, 0.05) is 16.3 Å². The molecule has 2 aliphatic rings. The summed E-state index contributed by atoms with van der Waals surface area (Å²) in [6, 6.07) is 5.57. The van der Waals surface area contributed by atoms with Crippen molar-refractivity contribution in [2.45, 2.75) is 60.0 Å². The van der Waals surface area contributed by atoms with Gasteiger partial charge in [0.1, 0.15) is 23.1 Å². The number of ketones is 1. The fourth-order valence-corrected chi connectivity index (χ4v) is 5.80. The summed E-state index contributed by atoms with van der Waals surface area (Å²) in [6.07, 6.45) is 0. The SMILES string of the molecule is CCOC(=O)C1=C(C)N2C(N)=C(C#N)[C@@H]([C@@H](C(C)=O)C(=O)OC(C)(C)C)C2=C(C(=O)OCC)[C@@H]1c1cccs1. The number of hydrogen-bond donors (Lipinski definition) is 1. The van der Waals surface area contributed by atoms with Gasteiger partial charge >= 0.3 is 17.9 Å². The van der Waals surface area contributed by atoms with Crippen molar-refractivity contribution in [3.05, 3.63) is 56.3 Å². The van der Waals surface area contributed by atoms with Crippen molar-refractivity contribution in [3.8, 4) is 6.07 Å². The molecule has 0 radical (unpaired) electrons. The number of hydrogen-bond acceptors (Lipinski definition) is 11. The maximum absolute atomic E-state index is 13.7. The molecular formula is C28H33N3O7S. The van der Waals surface area contributed by atoms with E-state index in [4.69, 9.17) is 19.9 Å². The lowest BCUT2D eigenvalue weighted by Crippen LogP contribution is -2.41. The third-order valence-electron chi connectivity index (χ3n) is 6.31. The van der Waals surface area contributed by atoms with Crippen LogP contribution in [0.5, 0.6) is 0 Å². The Morgan fingerprint density at radius 1 is 1.13 bits per heavy atom. The van der Waals surface area contributed by atoms with Gasteiger partial charge in [0.25, 0.3) is 0 Å². The average molecular weight is 556 g/mol. The number of thiophene rings is 1. The van der Waals surface area contributed by atoms with Crippen LogP contribution in [0.25, 0.3) is 0 Å². The van der Waals surface area contributed by atoms with Crippen molar-refractivity contribution in [3.63, 3.8) is 0 Å². The van der Waals surface area contributed by atoms with Crippen LogP contribution in [0.1, 0.15) is 59.3 Å². The molecule has 0 unspecified atom stereocenters. The van der Waals surface area contributed by atoms with E-state index in [2.05, 4.69) is 0 Å². The van der Waals surface area contributed by atoms with Gasteiger partial charge < -0.3 is 24.8 Å². The predicted octanol–water partition coefficient (Wildman–Crippen LogP) is 3.67. The predicted molar refractivity (Wildman–Crippen MR) is 142 cm³/mol. The second-order valence-electron chi connectivity index (χ2n) is 10.0. The number of ether oxygens (including phenoxy) is 3. The molecule has 0 bridgehead atoms. The van der Waals surface area contributed by atoms with Crippen LogP contribution in [-0.2, 0) is 33.4 Å². The van der Waals surface area contributed by atoms with Gasteiger partial charge in [0.05, 0.1) is 47.8 Å². The lowest BCUT2D eigenvalue weighted by atomic mass is 9.76. The lowest BCUT2D eigenvalue weighted by molar-refractivity contribution is -0.163. The zero-order chi connectivity index (χ0) is 29.2. The molecule has 1 aromatic heterocycles. The first kappa shape index (κ1) is 29.6. The van der Waals surface area contributed by atoms with Gasteiger partial charge in [-0.25, -0.2) is 9.59 Å². The standard InChI is InChI=1S/C28H33N3O7S/c1-8-36-25(33)18-14(3)31-23(22(26(34)37-9-2)21(18)17-11-10-12-39-17)20(16(13-29)24(31)30)19(15(4)32)27(35)38-28(5,6)7/h10-12,19-21H,8-9,30H2,1-7H3/t19-,20+,21-/m1/s1. The Balaban J connectivity index is 2.44. The Kier molecular flexibility index (Phi) is 8.70. The van der Waals surface area contributed by atoms with Crippen LogP contribution >= 0.6 is 11.3 Å². The third-order valence-corrected chi connectivity index (χ3v) is 7.25. The minimum atomic E-state index is -1.48. The molecule has 2 aliphatic heterocycles. The van der Waals surface area contributed by atoms with E-state index in [1.165, 1.54) is 23.2 Å². The minimum Gasteiger partial charge on any atom is -0.463 e. The maximum Gasteiger partial charge on any atom is 0.336 e. The van der Waals surface area contributed by atoms with E-state index < -0.39 is 47.0 Å². The first-order valence-electron chi connectivity index (χ1n) is 12.6. The van der Waals surface area contributed by atoms with Crippen LogP contribution in [0.3, 0.4) is 0 Å². The number of Topliss-reactive ketones (excluding diaryl/α,β-unsaturated/α-hetero) is 1. The zero-order valence-corrected chi connectivity index (χ0v) is 23.9. The Hall–Kier alpha value is -3.91. The molecule has 0 spiro atoms. The third kappa shape index (κ3) is 5.47. The summed E-state index contributed by atoms with van der Waals surface area (Å²) in [6.45, 7) is 11.2. The number of nitrogens with two attached hydrogens (primary N) is 1. The summed E-state index contributed by atoms with van der Waals surface area (Å²) in [5, 5.41) is 12.0. The molecule has 0 aromatic carbocycles. The average Bonchev–Trinajstić information content (AvgIpc) is 3.45. The summed E-state index contributed by atoms with van der Waals surface area (Å²) in [7, 11) is 0. The molecule has 1 aromatic rings. The first-order valence-corrected chi connectivity index (χ1v) is 13.4. The van der Waals surface area contributed by atoms with Gasteiger partial charge in [0.15, 0.2) is 0 Å². The molecule has 0 amide bonds. The molecule has 208 valence electrons. The van der Waals surface area contributed by atoms with Crippen LogP contribution in [0.4, 0.5) is 0 Å². The Morgan fingerprint density at radius 2 is 1.72 bits per heavy atom. The molecule has 0 fully saturated rings. The first-order chi connectivity index (χ1) is 18.3. The van der Waals surface area contributed by atoms with Crippen molar-refractivity contribution >= 4 is 35.0 Å². The highest BCUT2D eigenvalue weighted by Gasteiger charge is 2.54. The molecule has 3 rings (SSSR count). The van der Waals surface area contributed by atoms with Crippen molar-refractivity contribution in [2.75, 3.05) is 13.2 Å². The Morgan fingerprint density at radius 3 is 2.18 bits per heavy atom. The quantitative estimate of drug-likeness (QED) is 0.286. The number of esters is 3. The maximum atomic E-state index is 13.7. The van der Waals surface area contributed by atoms with E-state index in [0.717, 1.165) is 0 Å². The highest BCUT2D eigenvalue weighted by molar-refractivity contribution is 7.10. The largest absolute Gasteiger partial charge is 0.463 e. The zero-order valence-electron chi connectivity index (χ0n) is 23.1. The van der Waals surface area contributed by atoms with Crippen LogP contribution in [0.15, 0.2) is 51.4 Å². The highest BCUT2D eigenvalue weighted by Crippen LogP contribution is 2.53. The normalized spacial score (nSPS) is 19.9. The van der Waals surface area contributed by atoms with Gasteiger partial charge in [-0.05, 0) is 59.9 Å². The number of nitriles is 1. The molecule has 11 heteroatoms. The lowest BCUT2D eigenvalue weighted by Gasteiger charge is -2.38. The van der Waals surface area contributed by atoms with Gasteiger partial charge in [-0.2, -0.15) is 5.26 Å². The highest BCUT2D eigenvalue weighted by atomic mass is 32.1. The summed E-state index contributed by atoms with van der Waals surface area (Å²) < 4.78 is 16.4. The number of fused-ring (bicyclic) bond motifs is 1. The van der Waals surface area contributed by atoms with Gasteiger partial charge in [-0.15, -0.1) is 11.3 Å². The topological polar surface area (TPSA) is 149 Å². The molecule has 2 N–H and O–H groups in total. The molecule has 3 atom stereocenters. The summed E-state index contributed by atoms with van der Waals surface area (Å²) >= 11 is 1.31. The number of carbonyl (C=O) groups is 4. The molecule has 10 nitrogen and oxygen atoms in total. The van der Waals surface area contributed by atoms with Crippen molar-refractivity contribution in [1.82, 2.24) is 4.90 Å². The van der Waals surface area contributed by atoms with Crippen molar-refractivity contribution in [2.24, 2.45) is 17.6 Å². The molecule has 39 heavy (non-hydrogen) atoms. The Labute approximate surface area is 231 Å². The molecule has 3 heterocycles. The fourth-order valence-electron chi connectivity index (χ4n) is 4.96. The van der Waals surface area contributed by atoms with Crippen LogP contribution in [-0.4, -0.2) is 47.4 Å². The van der Waals surface area contributed by atoms with Crippen molar-refractivity contribution < 1.29 is 33.4 Å². The van der Waals surface area contributed by atoms with E-state index in [-0.39, 0.29) is 41.5 Å². The second kappa shape index (κ2) is 11.5. The number of carbonyl (C=O) groups excluding carboxylic acids is 4. The molecular weight excluding hydrogens is 522 g/mol. The van der Waals surface area contributed by atoms with E-state index in [1.54, 1.807) is 59.1 Å². The number of allylic oxidation sites excluding steroid dienone is 2. The molecule has 0 aliphatic carbocycles. The summed E-state index contributed by atoms with van der Waals surface area (Å²) in [5.41, 5.74) is 6.05. The van der Waals surface area contributed by atoms with E-state index in [0.29, 0.717) is 10.6 Å². The Bertz CT molecular complexity index is 1330. The van der Waals surface area contributed by atoms with E-state index in [9.17, 15) is 24.4 Å². The van der Waals surface area contributed by atoms with Gasteiger partial charge in [0.2, 0.25) is 0 Å². The molecule has 0 saturated carbocycles. The smallest absolute Gasteiger partial charge is 0.336 e. The van der Waals surface area contributed by atoms with E-state index in [1.807, 2.05) is 6.07 Å². The summed E-state index contributed by atoms with van der Waals surface area (Å²) in [4.78, 5) is 55.5. The second-order valence-corrected chi connectivity index (χ2v) is 11.0. The number of rotatable bonds is 8. The minimum absolute atomic E-state index is 0.000890. The van der Waals surface area contributed by atoms with Crippen LogP contribution in [0.2, 0.25) is 0 Å². The van der Waals surface area contributed by atoms with Crippen LogP contribution < -0.4 is 5.73 Å². The van der Waals surface area contributed by atoms with Crippen molar-refractivity contribution in [1.29, 1.82) is 5.26 Å². The monoisotopic (exact) mass is 555 g/mol. The van der Waals surface area contributed by atoms with Gasteiger partial charge in [-0.1, -0.05) is 6.07 Å². The number of nitrogens with zero attached hydrogens (tertiary/aromatic N) is 2. The van der Waals surface area contributed by atoms with E-state index >= 15 is 0 Å². The van der Waals surface area contributed by atoms with Gasteiger partial charge in [-0.3, -0.25) is 9.59 Å². The summed E-state index contributed by atoms with van der Waals surface area (Å²) in [5.74, 6) is -6.65. The molecule has 0 saturated heterocycles.